The Hall–Kier alpha value is -2.73. The van der Waals surface area contributed by atoms with E-state index in [4.69, 9.17) is 5.11 Å². The van der Waals surface area contributed by atoms with Crippen molar-refractivity contribution in [1.29, 1.82) is 0 Å². The molecule has 0 saturated heterocycles. The lowest BCUT2D eigenvalue weighted by atomic mass is 10.0. The molecule has 1 aromatic heterocycles. The minimum absolute atomic E-state index is 0.0374. The number of hydrogen-bond donors (Lipinski definition) is 2. The number of rotatable bonds is 5. The molecule has 0 fully saturated rings. The number of nitrogens with zero attached hydrogens (tertiary/aromatic N) is 2. The molecule has 3 rings (SSSR count). The third-order valence-corrected chi connectivity index (χ3v) is 3.85. The van der Waals surface area contributed by atoms with Gasteiger partial charge in [0.2, 0.25) is 0 Å². The minimum atomic E-state index is -0.380. The van der Waals surface area contributed by atoms with Crippen molar-refractivity contribution in [2.45, 2.75) is 13.3 Å². The topological polar surface area (TPSA) is 88.3 Å². The quantitative estimate of drug-likeness (QED) is 0.326. The Labute approximate surface area is 132 Å². The zero-order valence-corrected chi connectivity index (χ0v) is 12.7. The van der Waals surface area contributed by atoms with Crippen molar-refractivity contribution in [2.75, 3.05) is 18.5 Å². The number of aryl methyl sites for hydroxylation is 1. The van der Waals surface area contributed by atoms with E-state index < -0.39 is 0 Å². The summed E-state index contributed by atoms with van der Waals surface area (Å²) >= 11 is 0. The van der Waals surface area contributed by atoms with Crippen LogP contribution in [0.15, 0.2) is 36.4 Å². The first-order chi connectivity index (χ1) is 11.1. The summed E-state index contributed by atoms with van der Waals surface area (Å²) in [6, 6.07) is 10.8. The minimum Gasteiger partial charge on any atom is -0.396 e. The second-order valence-corrected chi connectivity index (χ2v) is 5.39. The number of benzene rings is 2. The fourth-order valence-electron chi connectivity index (χ4n) is 2.74. The van der Waals surface area contributed by atoms with Gasteiger partial charge in [-0.2, -0.15) is 0 Å². The van der Waals surface area contributed by atoms with Crippen LogP contribution in [0.2, 0.25) is 0 Å². The summed E-state index contributed by atoms with van der Waals surface area (Å²) in [6.45, 7) is 2.49. The molecule has 0 unspecified atom stereocenters. The van der Waals surface area contributed by atoms with Crippen LogP contribution in [-0.2, 0) is 0 Å². The second kappa shape index (κ2) is 6.18. The number of aliphatic hydroxyl groups is 1. The molecule has 0 aliphatic heterocycles. The van der Waals surface area contributed by atoms with Crippen molar-refractivity contribution < 1.29 is 10.0 Å². The molecular formula is C17H17N3O3. The highest BCUT2D eigenvalue weighted by Gasteiger charge is 2.20. The molecule has 0 aliphatic rings. The number of nitrogens with one attached hydrogen (secondary N) is 1. The molecule has 1 heterocycles. The average molecular weight is 311 g/mol. The van der Waals surface area contributed by atoms with Gasteiger partial charge in [0.25, 0.3) is 5.69 Å². The molecule has 0 atom stereocenters. The van der Waals surface area contributed by atoms with E-state index in [0.29, 0.717) is 29.6 Å². The molecule has 2 N–H and O–H groups in total. The molecule has 0 bridgehead atoms. The monoisotopic (exact) mass is 311 g/mol. The van der Waals surface area contributed by atoms with Gasteiger partial charge in [-0.15, -0.1) is 0 Å². The number of non-ortho nitro benzene ring substituents is 1. The standard InChI is InChI=1S/C17H17N3O3/c1-11-7-8-14(20(22)23)15-16(11)19-13-6-3-2-5-12(13)17(15)18-9-4-10-21/h2-3,5-8,21H,4,9-10H2,1H3,(H,18,19). The number of anilines is 1. The van der Waals surface area contributed by atoms with Gasteiger partial charge in [0.1, 0.15) is 5.39 Å². The maximum Gasteiger partial charge on any atom is 0.280 e. The Morgan fingerprint density at radius 1 is 1.26 bits per heavy atom. The van der Waals surface area contributed by atoms with Crippen LogP contribution in [0.25, 0.3) is 21.8 Å². The van der Waals surface area contributed by atoms with Gasteiger partial charge < -0.3 is 10.4 Å². The molecule has 0 saturated carbocycles. The molecule has 23 heavy (non-hydrogen) atoms. The summed E-state index contributed by atoms with van der Waals surface area (Å²) < 4.78 is 0. The average Bonchev–Trinajstić information content (AvgIpc) is 2.55. The highest BCUT2D eigenvalue weighted by molar-refractivity contribution is 6.11. The number of aromatic nitrogens is 1. The van der Waals surface area contributed by atoms with Crippen LogP contribution in [0.4, 0.5) is 11.4 Å². The maximum absolute atomic E-state index is 11.5. The third kappa shape index (κ3) is 2.68. The number of nitro groups is 1. The maximum atomic E-state index is 11.5. The van der Waals surface area contributed by atoms with Crippen LogP contribution in [-0.4, -0.2) is 28.2 Å². The lowest BCUT2D eigenvalue weighted by molar-refractivity contribution is -0.383. The lowest BCUT2D eigenvalue weighted by Gasteiger charge is -2.14. The van der Waals surface area contributed by atoms with Gasteiger partial charge >= 0.3 is 0 Å². The van der Waals surface area contributed by atoms with E-state index in [1.54, 1.807) is 6.07 Å². The van der Waals surface area contributed by atoms with Gasteiger partial charge in [-0.3, -0.25) is 10.1 Å². The van der Waals surface area contributed by atoms with E-state index in [-0.39, 0.29) is 17.2 Å². The van der Waals surface area contributed by atoms with Crippen LogP contribution < -0.4 is 5.32 Å². The van der Waals surface area contributed by atoms with Gasteiger partial charge in [-0.05, 0) is 25.0 Å². The molecule has 118 valence electrons. The van der Waals surface area contributed by atoms with Crippen LogP contribution in [0.5, 0.6) is 0 Å². The first-order valence-electron chi connectivity index (χ1n) is 7.44. The molecule has 0 aliphatic carbocycles. The summed E-state index contributed by atoms with van der Waals surface area (Å²) in [5.74, 6) is 0. The van der Waals surface area contributed by atoms with Crippen LogP contribution in [0.3, 0.4) is 0 Å². The highest BCUT2D eigenvalue weighted by Crippen LogP contribution is 2.37. The Morgan fingerprint density at radius 3 is 2.78 bits per heavy atom. The number of aliphatic hydroxyl groups excluding tert-OH is 1. The summed E-state index contributed by atoms with van der Waals surface area (Å²) in [5.41, 5.74) is 3.05. The smallest absolute Gasteiger partial charge is 0.280 e. The van der Waals surface area contributed by atoms with Crippen LogP contribution in [0, 0.1) is 17.0 Å². The molecule has 6 nitrogen and oxygen atoms in total. The zero-order chi connectivity index (χ0) is 16.4. The summed E-state index contributed by atoms with van der Waals surface area (Å²) in [6.07, 6.45) is 0.567. The normalized spacial score (nSPS) is 11.0. The van der Waals surface area contributed by atoms with Gasteiger partial charge in [0.15, 0.2) is 0 Å². The van der Waals surface area contributed by atoms with Crippen molar-refractivity contribution in [1.82, 2.24) is 4.98 Å². The molecule has 6 heteroatoms. The fraction of sp³-hybridized carbons (Fsp3) is 0.235. The number of fused-ring (bicyclic) bond motifs is 2. The number of pyridine rings is 1. The molecule has 0 spiro atoms. The molecule has 0 radical (unpaired) electrons. The Kier molecular flexibility index (Phi) is 4.08. The summed E-state index contributed by atoms with van der Waals surface area (Å²) in [4.78, 5) is 15.7. The predicted molar refractivity (Wildman–Crippen MR) is 90.8 cm³/mol. The first-order valence-corrected chi connectivity index (χ1v) is 7.44. The van der Waals surface area contributed by atoms with E-state index >= 15 is 0 Å². The second-order valence-electron chi connectivity index (χ2n) is 5.39. The van der Waals surface area contributed by atoms with E-state index in [2.05, 4.69) is 10.3 Å². The number of hydrogen-bond acceptors (Lipinski definition) is 5. The Balaban J connectivity index is 2.38. The first kappa shape index (κ1) is 15.2. The van der Waals surface area contributed by atoms with Crippen LogP contribution >= 0.6 is 0 Å². The summed E-state index contributed by atoms with van der Waals surface area (Å²) in [5, 5.41) is 25.1. The lowest BCUT2D eigenvalue weighted by Crippen LogP contribution is -2.06. The highest BCUT2D eigenvalue weighted by atomic mass is 16.6. The van der Waals surface area contributed by atoms with Crippen molar-refractivity contribution >= 4 is 33.2 Å². The van der Waals surface area contributed by atoms with Gasteiger partial charge in [-0.25, -0.2) is 4.98 Å². The van der Waals surface area contributed by atoms with Gasteiger partial charge in [0, 0.05) is 24.6 Å². The number of nitro benzene ring substituents is 1. The largest absolute Gasteiger partial charge is 0.396 e. The van der Waals surface area contributed by atoms with E-state index in [1.807, 2.05) is 31.2 Å². The van der Waals surface area contributed by atoms with Crippen molar-refractivity contribution in [3.05, 3.63) is 52.1 Å². The molecular weight excluding hydrogens is 294 g/mol. The van der Waals surface area contributed by atoms with E-state index in [1.165, 1.54) is 6.07 Å². The Bertz CT molecular complexity index is 893. The van der Waals surface area contributed by atoms with E-state index in [0.717, 1.165) is 16.5 Å². The predicted octanol–water partition coefficient (Wildman–Crippen LogP) is 3.40. The zero-order valence-electron chi connectivity index (χ0n) is 12.7. The molecule has 2 aromatic carbocycles. The van der Waals surface area contributed by atoms with Crippen molar-refractivity contribution in [3.63, 3.8) is 0 Å². The Morgan fingerprint density at radius 2 is 2.04 bits per heavy atom. The van der Waals surface area contributed by atoms with Crippen molar-refractivity contribution in [3.8, 4) is 0 Å². The van der Waals surface area contributed by atoms with Crippen LogP contribution in [0.1, 0.15) is 12.0 Å². The third-order valence-electron chi connectivity index (χ3n) is 3.85. The van der Waals surface area contributed by atoms with Gasteiger partial charge in [0.05, 0.1) is 21.6 Å². The molecule has 0 amide bonds. The van der Waals surface area contributed by atoms with Gasteiger partial charge in [-0.1, -0.05) is 24.3 Å². The van der Waals surface area contributed by atoms with E-state index in [9.17, 15) is 10.1 Å². The fourth-order valence-corrected chi connectivity index (χ4v) is 2.74. The number of para-hydroxylation sites is 1. The summed E-state index contributed by atoms with van der Waals surface area (Å²) in [7, 11) is 0. The SMILES string of the molecule is Cc1ccc([N+](=O)[O-])c2c(NCCCO)c3ccccc3nc12. The van der Waals surface area contributed by atoms with Crippen molar-refractivity contribution in [2.24, 2.45) is 0 Å². The molecule has 3 aromatic rings.